The highest BCUT2D eigenvalue weighted by atomic mass is 19.1. The Morgan fingerprint density at radius 1 is 0.660 bits per heavy atom. The van der Waals surface area contributed by atoms with Crippen molar-refractivity contribution in [2.45, 2.75) is 27.7 Å². The number of primary amides is 2. The molecule has 2 amide bonds. The first-order valence-electron chi connectivity index (χ1n) is 15.1. The van der Waals surface area contributed by atoms with E-state index in [1.807, 2.05) is 52.0 Å². The van der Waals surface area contributed by atoms with Crippen molar-refractivity contribution in [2.75, 3.05) is 0 Å². The number of aromatic nitrogens is 8. The molecule has 6 rings (SSSR count). The van der Waals surface area contributed by atoms with Crippen molar-refractivity contribution in [3.05, 3.63) is 131 Å². The Morgan fingerprint density at radius 3 is 1.60 bits per heavy atom. The molecule has 0 spiro atoms. The van der Waals surface area contributed by atoms with Crippen LogP contribution in [0.3, 0.4) is 0 Å². The van der Waals surface area contributed by atoms with Crippen LogP contribution in [-0.2, 0) is 9.59 Å². The number of aryl methyl sites for hydroxylation is 4. The maximum Gasteiger partial charge on any atom is 0.250 e. The summed E-state index contributed by atoms with van der Waals surface area (Å²) >= 11 is 0. The minimum atomic E-state index is -0.770. The molecule has 0 radical (unpaired) electrons. The molecule has 6 aromatic rings. The van der Waals surface area contributed by atoms with E-state index in [-0.39, 0.29) is 16.7 Å². The van der Waals surface area contributed by atoms with Gasteiger partial charge in [0.05, 0.1) is 17.3 Å². The second kappa shape index (κ2) is 15.0. The number of hydrogen-bond donors (Lipinski definition) is 2. The lowest BCUT2D eigenvalue weighted by Gasteiger charge is -2.04. The molecule has 12 nitrogen and oxygen atoms in total. The second-order valence-electron chi connectivity index (χ2n) is 11.4. The Balaban J connectivity index is 0.000000194. The SMILES string of the molecule is Cc1cc(C)cc(-c2ncn(/C=C(/C(N)=O)c3ccc(F)nc3)n2)c1.Cc1cc(C)cc(-c2ncn(/C=C(/C(N)=O)c3ccncc3F)n2)c1. The van der Waals surface area contributed by atoms with Crippen LogP contribution in [0.15, 0.2) is 85.8 Å². The van der Waals surface area contributed by atoms with E-state index in [4.69, 9.17) is 11.5 Å². The minimum absolute atomic E-state index is 0.0169. The molecule has 4 aromatic heterocycles. The summed E-state index contributed by atoms with van der Waals surface area (Å²) in [6, 6.07) is 16.0. The van der Waals surface area contributed by atoms with Crippen molar-refractivity contribution in [1.29, 1.82) is 0 Å². The normalized spacial score (nSPS) is 11.6. The molecule has 252 valence electrons. The first-order valence-corrected chi connectivity index (χ1v) is 15.1. The van der Waals surface area contributed by atoms with Crippen molar-refractivity contribution < 1.29 is 18.4 Å². The van der Waals surface area contributed by atoms with Crippen molar-refractivity contribution in [1.82, 2.24) is 39.5 Å². The summed E-state index contributed by atoms with van der Waals surface area (Å²) in [5.41, 5.74) is 17.6. The minimum Gasteiger partial charge on any atom is -0.366 e. The van der Waals surface area contributed by atoms with E-state index in [1.165, 1.54) is 58.9 Å². The lowest BCUT2D eigenvalue weighted by atomic mass is 10.1. The maximum atomic E-state index is 13.9. The van der Waals surface area contributed by atoms with Gasteiger partial charge in [0.2, 0.25) is 5.95 Å². The third kappa shape index (κ3) is 8.60. The molecule has 0 fully saturated rings. The molecule has 4 N–H and O–H groups in total. The Kier molecular flexibility index (Phi) is 10.4. The van der Waals surface area contributed by atoms with E-state index in [0.717, 1.165) is 45.6 Å². The number of rotatable bonds is 8. The van der Waals surface area contributed by atoms with Crippen LogP contribution in [0.2, 0.25) is 0 Å². The summed E-state index contributed by atoms with van der Waals surface area (Å²) in [4.78, 5) is 39.2. The van der Waals surface area contributed by atoms with Gasteiger partial charge in [0.25, 0.3) is 11.8 Å². The molecule has 0 saturated heterocycles. The van der Waals surface area contributed by atoms with E-state index >= 15 is 0 Å². The fourth-order valence-corrected chi connectivity index (χ4v) is 5.09. The van der Waals surface area contributed by atoms with Crippen LogP contribution in [0, 0.1) is 39.5 Å². The van der Waals surface area contributed by atoms with Crippen LogP contribution >= 0.6 is 0 Å². The number of amides is 2. The zero-order chi connectivity index (χ0) is 35.9. The highest BCUT2D eigenvalue weighted by Crippen LogP contribution is 2.22. The van der Waals surface area contributed by atoms with Gasteiger partial charge in [0.1, 0.15) is 18.5 Å². The fourth-order valence-electron chi connectivity index (χ4n) is 5.09. The first kappa shape index (κ1) is 34.6. The van der Waals surface area contributed by atoms with Gasteiger partial charge in [-0.2, -0.15) is 4.39 Å². The van der Waals surface area contributed by atoms with Crippen molar-refractivity contribution >= 4 is 35.4 Å². The Morgan fingerprint density at radius 2 is 1.16 bits per heavy atom. The molecule has 0 aliphatic carbocycles. The second-order valence-corrected chi connectivity index (χ2v) is 11.4. The van der Waals surface area contributed by atoms with E-state index in [2.05, 4.69) is 42.3 Å². The van der Waals surface area contributed by atoms with Crippen LogP contribution in [0.25, 0.3) is 46.3 Å². The van der Waals surface area contributed by atoms with Crippen LogP contribution in [0.4, 0.5) is 8.78 Å². The van der Waals surface area contributed by atoms with Gasteiger partial charge in [-0.3, -0.25) is 14.6 Å². The van der Waals surface area contributed by atoms with Crippen LogP contribution in [0.5, 0.6) is 0 Å². The summed E-state index contributed by atoms with van der Waals surface area (Å²) in [7, 11) is 0. The molecule has 0 bridgehead atoms. The fraction of sp³-hybridized carbons (Fsp3) is 0.111. The predicted octanol–water partition coefficient (Wildman–Crippen LogP) is 5.16. The number of benzene rings is 2. The predicted molar refractivity (Wildman–Crippen MR) is 185 cm³/mol. The third-order valence-electron chi connectivity index (χ3n) is 7.13. The molecule has 0 aliphatic rings. The number of nitrogens with zero attached hydrogens (tertiary/aromatic N) is 8. The summed E-state index contributed by atoms with van der Waals surface area (Å²) in [5.74, 6) is -1.68. The summed E-state index contributed by atoms with van der Waals surface area (Å²) in [6.45, 7) is 7.98. The molecular formula is C36H32F2N10O2. The van der Waals surface area contributed by atoms with Crippen LogP contribution in [0.1, 0.15) is 33.4 Å². The molecule has 0 saturated carbocycles. The highest BCUT2D eigenvalue weighted by Gasteiger charge is 2.15. The summed E-state index contributed by atoms with van der Waals surface area (Å²) in [5, 5.41) is 8.68. The summed E-state index contributed by atoms with van der Waals surface area (Å²) in [6.07, 6.45) is 9.36. The van der Waals surface area contributed by atoms with Gasteiger partial charge in [0.15, 0.2) is 11.6 Å². The number of halogens is 2. The van der Waals surface area contributed by atoms with Crippen LogP contribution in [-0.4, -0.2) is 51.3 Å². The van der Waals surface area contributed by atoms with Gasteiger partial charge in [-0.1, -0.05) is 34.4 Å². The number of pyridine rings is 2. The first-order chi connectivity index (χ1) is 23.9. The lowest BCUT2D eigenvalue weighted by molar-refractivity contribution is -0.113. The average molecular weight is 675 g/mol. The zero-order valence-corrected chi connectivity index (χ0v) is 27.5. The largest absolute Gasteiger partial charge is 0.366 e. The number of hydrogen-bond acceptors (Lipinski definition) is 8. The average Bonchev–Trinajstić information content (AvgIpc) is 3.73. The van der Waals surface area contributed by atoms with Crippen molar-refractivity contribution in [2.24, 2.45) is 11.5 Å². The zero-order valence-electron chi connectivity index (χ0n) is 27.5. The Hall–Kier alpha value is -6.70. The lowest BCUT2D eigenvalue weighted by Crippen LogP contribution is -2.14. The topological polar surface area (TPSA) is 173 Å². The van der Waals surface area contributed by atoms with E-state index < -0.39 is 23.6 Å². The highest BCUT2D eigenvalue weighted by molar-refractivity contribution is 6.22. The van der Waals surface area contributed by atoms with Crippen molar-refractivity contribution in [3.63, 3.8) is 0 Å². The molecule has 14 heteroatoms. The Bertz CT molecular complexity index is 2210. The van der Waals surface area contributed by atoms with E-state index in [0.29, 0.717) is 17.2 Å². The van der Waals surface area contributed by atoms with Gasteiger partial charge < -0.3 is 11.5 Å². The Labute approximate surface area is 285 Å². The molecule has 0 atom stereocenters. The summed E-state index contributed by atoms with van der Waals surface area (Å²) < 4.78 is 29.6. The molecule has 50 heavy (non-hydrogen) atoms. The standard InChI is InChI=1S/2C18H16FN5O/c1-11-5-12(2)7-13(6-11)18-22-10-24(23-18)9-15(17(20)25)14-3-4-21-8-16(14)19;1-11-5-12(2)7-14(6-11)18-22-10-24(23-18)9-15(17(20)25)13-3-4-16(19)21-8-13/h2*3-10H,1-2H3,(H2,20,25)/b2*15-9+. The van der Waals surface area contributed by atoms with E-state index in [1.54, 1.807) is 0 Å². The van der Waals surface area contributed by atoms with E-state index in [9.17, 15) is 18.4 Å². The molecule has 0 unspecified atom stereocenters. The number of carbonyl (C=O) groups excluding carboxylic acids is 2. The molecule has 2 aromatic carbocycles. The quantitative estimate of drug-likeness (QED) is 0.165. The van der Waals surface area contributed by atoms with Crippen LogP contribution < -0.4 is 11.5 Å². The van der Waals surface area contributed by atoms with Gasteiger partial charge in [0, 0.05) is 47.0 Å². The molecule has 4 heterocycles. The monoisotopic (exact) mass is 674 g/mol. The van der Waals surface area contributed by atoms with Crippen molar-refractivity contribution in [3.8, 4) is 22.8 Å². The molecule has 0 aliphatic heterocycles. The third-order valence-corrected chi connectivity index (χ3v) is 7.13. The molecular weight excluding hydrogens is 642 g/mol. The number of carbonyl (C=O) groups is 2. The smallest absolute Gasteiger partial charge is 0.250 e. The van der Waals surface area contributed by atoms with Gasteiger partial charge in [-0.15, -0.1) is 10.2 Å². The van der Waals surface area contributed by atoms with Gasteiger partial charge in [-0.05, 0) is 70.2 Å². The number of nitrogens with two attached hydrogens (primary N) is 2. The van der Waals surface area contributed by atoms with Gasteiger partial charge >= 0.3 is 0 Å². The van der Waals surface area contributed by atoms with Gasteiger partial charge in [-0.25, -0.2) is 28.7 Å². The maximum absolute atomic E-state index is 13.9.